The van der Waals surface area contributed by atoms with Gasteiger partial charge in [-0.1, -0.05) is 0 Å². The van der Waals surface area contributed by atoms with E-state index in [1.165, 1.54) is 0 Å². The molecule has 3 N–H and O–H groups in total. The third-order valence-electron chi connectivity index (χ3n) is 4.88. The zero-order valence-electron chi connectivity index (χ0n) is 14.5. The Balaban J connectivity index is 2.52. The zero-order chi connectivity index (χ0) is 16.6. The monoisotopic (exact) mass is 335 g/mol. The van der Waals surface area contributed by atoms with Crippen LogP contribution in [0.2, 0.25) is 6.04 Å². The normalized spacial score (nSPS) is 29.7. The van der Waals surface area contributed by atoms with Crippen molar-refractivity contribution in [1.82, 2.24) is 0 Å². The van der Waals surface area contributed by atoms with Crippen LogP contribution in [-0.4, -0.2) is 54.2 Å². The highest BCUT2D eigenvalue weighted by molar-refractivity contribution is 6.60. The van der Waals surface area contributed by atoms with E-state index in [9.17, 15) is 5.11 Å². The Labute approximate surface area is 135 Å². The minimum Gasteiger partial charge on any atom is -0.382 e. The first-order valence-electron chi connectivity index (χ1n) is 8.17. The fourth-order valence-electron chi connectivity index (χ4n) is 3.30. The van der Waals surface area contributed by atoms with Crippen LogP contribution in [0.4, 0.5) is 0 Å². The number of aliphatic hydroxyl groups is 1. The predicted molar refractivity (Wildman–Crippen MR) is 87.3 cm³/mol. The maximum atomic E-state index is 10.4. The first-order chi connectivity index (χ1) is 10.4. The van der Waals surface area contributed by atoms with Crippen molar-refractivity contribution in [3.8, 4) is 0 Å². The predicted octanol–water partition coefficient (Wildman–Crippen LogP) is 1.74. The highest BCUT2D eigenvalue weighted by atomic mass is 28.4. The molecule has 1 rings (SSSR count). The van der Waals surface area contributed by atoms with Gasteiger partial charge in [0, 0.05) is 46.5 Å². The van der Waals surface area contributed by atoms with E-state index >= 15 is 0 Å². The lowest BCUT2D eigenvalue weighted by molar-refractivity contribution is -0.0682. The van der Waals surface area contributed by atoms with Crippen molar-refractivity contribution < 1.29 is 23.1 Å². The molecule has 1 saturated carbocycles. The van der Waals surface area contributed by atoms with Gasteiger partial charge in [-0.05, 0) is 44.9 Å². The lowest BCUT2D eigenvalue weighted by atomic mass is 9.73. The van der Waals surface area contributed by atoms with E-state index in [4.69, 9.17) is 23.7 Å². The third-order valence-corrected chi connectivity index (χ3v) is 7.65. The summed E-state index contributed by atoms with van der Waals surface area (Å²) in [4.78, 5) is 0. The summed E-state index contributed by atoms with van der Waals surface area (Å²) in [5.74, 6) is 0.601. The topological polar surface area (TPSA) is 83.2 Å². The Kier molecular flexibility index (Phi) is 8.48. The maximum absolute atomic E-state index is 10.4. The zero-order valence-corrected chi connectivity index (χ0v) is 15.5. The largest absolute Gasteiger partial charge is 0.500 e. The van der Waals surface area contributed by atoms with Gasteiger partial charge in [-0.3, -0.25) is 0 Å². The summed E-state index contributed by atoms with van der Waals surface area (Å²) in [6, 6.07) is 0.794. The van der Waals surface area contributed by atoms with Crippen molar-refractivity contribution in [3.05, 3.63) is 0 Å². The SMILES string of the molecule is CCOCCC1CC(CC[Si](OC)(OC)OC)CCC1(N)O. The van der Waals surface area contributed by atoms with Gasteiger partial charge < -0.3 is 28.9 Å². The van der Waals surface area contributed by atoms with Crippen molar-refractivity contribution in [2.45, 2.75) is 50.8 Å². The van der Waals surface area contributed by atoms with Gasteiger partial charge in [0.2, 0.25) is 0 Å². The van der Waals surface area contributed by atoms with E-state index < -0.39 is 14.5 Å². The van der Waals surface area contributed by atoms with Crippen LogP contribution >= 0.6 is 0 Å². The summed E-state index contributed by atoms with van der Waals surface area (Å²) in [7, 11) is 2.42. The van der Waals surface area contributed by atoms with Crippen LogP contribution in [-0.2, 0) is 18.0 Å². The second-order valence-corrected chi connectivity index (χ2v) is 9.24. The second kappa shape index (κ2) is 9.32. The molecule has 132 valence electrons. The van der Waals surface area contributed by atoms with Crippen molar-refractivity contribution in [1.29, 1.82) is 0 Å². The number of hydrogen-bond donors (Lipinski definition) is 2. The van der Waals surface area contributed by atoms with Gasteiger partial charge in [0.15, 0.2) is 0 Å². The van der Waals surface area contributed by atoms with Crippen LogP contribution in [0.3, 0.4) is 0 Å². The van der Waals surface area contributed by atoms with E-state index in [-0.39, 0.29) is 5.92 Å². The van der Waals surface area contributed by atoms with Crippen LogP contribution in [0.1, 0.15) is 39.0 Å². The average molecular weight is 336 g/mol. The van der Waals surface area contributed by atoms with Gasteiger partial charge in [0.1, 0.15) is 5.72 Å². The highest BCUT2D eigenvalue weighted by Gasteiger charge is 2.42. The molecule has 6 nitrogen and oxygen atoms in total. The molecule has 0 radical (unpaired) electrons. The molecule has 1 aliphatic carbocycles. The molecule has 22 heavy (non-hydrogen) atoms. The van der Waals surface area contributed by atoms with Gasteiger partial charge in [-0.2, -0.15) is 0 Å². The number of hydrogen-bond acceptors (Lipinski definition) is 6. The molecular weight excluding hydrogens is 302 g/mol. The van der Waals surface area contributed by atoms with Crippen LogP contribution < -0.4 is 5.73 Å². The first kappa shape index (κ1) is 20.0. The standard InChI is InChI=1S/C15H33NO5Si/c1-5-21-10-7-14-12-13(6-9-15(14,16)17)8-11-22(18-2,19-3)20-4/h13-14,17H,5-12,16H2,1-4H3. The fraction of sp³-hybridized carbons (Fsp3) is 1.00. The van der Waals surface area contributed by atoms with Gasteiger partial charge in [-0.25, -0.2) is 0 Å². The molecular formula is C15H33NO5Si. The Morgan fingerprint density at radius 3 is 2.36 bits per heavy atom. The molecule has 1 aliphatic rings. The molecule has 3 atom stereocenters. The van der Waals surface area contributed by atoms with Crippen LogP contribution in [0.5, 0.6) is 0 Å². The van der Waals surface area contributed by atoms with Crippen molar-refractivity contribution >= 4 is 8.80 Å². The van der Waals surface area contributed by atoms with Gasteiger partial charge in [0.25, 0.3) is 0 Å². The van der Waals surface area contributed by atoms with Crippen molar-refractivity contribution in [2.75, 3.05) is 34.5 Å². The lowest BCUT2D eigenvalue weighted by Gasteiger charge is -2.41. The van der Waals surface area contributed by atoms with Gasteiger partial charge >= 0.3 is 8.80 Å². The summed E-state index contributed by atoms with van der Waals surface area (Å²) < 4.78 is 21.8. The quantitative estimate of drug-likeness (QED) is 0.359. The maximum Gasteiger partial charge on any atom is 0.500 e. The molecule has 7 heteroatoms. The summed E-state index contributed by atoms with van der Waals surface area (Å²) in [6.07, 6.45) is 4.26. The van der Waals surface area contributed by atoms with E-state index in [1.807, 2.05) is 6.92 Å². The summed E-state index contributed by atoms with van der Waals surface area (Å²) in [5, 5.41) is 10.4. The minimum atomic E-state index is -2.51. The third kappa shape index (κ3) is 5.56. The van der Waals surface area contributed by atoms with Crippen molar-refractivity contribution in [2.24, 2.45) is 17.6 Å². The fourth-order valence-corrected chi connectivity index (χ4v) is 5.17. The Morgan fingerprint density at radius 1 is 1.18 bits per heavy atom. The molecule has 0 aromatic rings. The summed E-state index contributed by atoms with van der Waals surface area (Å²) in [6.45, 7) is 3.33. The molecule has 0 saturated heterocycles. The lowest BCUT2D eigenvalue weighted by Crippen LogP contribution is -2.51. The Hall–Kier alpha value is -0.0231. The van der Waals surface area contributed by atoms with Crippen molar-refractivity contribution in [3.63, 3.8) is 0 Å². The van der Waals surface area contributed by atoms with Gasteiger partial charge in [-0.15, -0.1) is 0 Å². The molecule has 0 aromatic carbocycles. The summed E-state index contributed by atoms with van der Waals surface area (Å²) in [5.41, 5.74) is 5.00. The smallest absolute Gasteiger partial charge is 0.382 e. The average Bonchev–Trinajstić information content (AvgIpc) is 2.52. The molecule has 0 spiro atoms. The molecule has 1 fully saturated rings. The Morgan fingerprint density at radius 2 is 1.82 bits per heavy atom. The van der Waals surface area contributed by atoms with Crippen LogP contribution in [0.15, 0.2) is 0 Å². The van der Waals surface area contributed by atoms with Gasteiger partial charge in [0.05, 0.1) is 0 Å². The number of rotatable bonds is 10. The van der Waals surface area contributed by atoms with Crippen LogP contribution in [0, 0.1) is 11.8 Å². The molecule has 3 unspecified atom stereocenters. The van der Waals surface area contributed by atoms with E-state index in [1.54, 1.807) is 21.3 Å². The second-order valence-electron chi connectivity index (χ2n) is 6.15. The first-order valence-corrected chi connectivity index (χ1v) is 10.1. The Bertz CT molecular complexity index is 304. The van der Waals surface area contributed by atoms with E-state index in [2.05, 4.69) is 0 Å². The van der Waals surface area contributed by atoms with Crippen LogP contribution in [0.25, 0.3) is 0 Å². The number of nitrogens with two attached hydrogens (primary N) is 1. The summed E-state index contributed by atoms with van der Waals surface area (Å²) >= 11 is 0. The van der Waals surface area contributed by atoms with E-state index in [0.29, 0.717) is 25.6 Å². The molecule has 0 aliphatic heterocycles. The molecule has 0 bridgehead atoms. The molecule has 0 aromatic heterocycles. The molecule has 0 heterocycles. The number of ether oxygens (including phenoxy) is 1. The molecule has 0 amide bonds. The minimum absolute atomic E-state index is 0.0847. The van der Waals surface area contributed by atoms with E-state index in [0.717, 1.165) is 31.7 Å². The highest BCUT2D eigenvalue weighted by Crippen LogP contribution is 2.39.